The molecule has 0 fully saturated rings. The second kappa shape index (κ2) is 17100. The van der Waals surface area contributed by atoms with E-state index in [1.165, 1.54) is 0 Å². The molecule has 0 aromatic heterocycles. The van der Waals surface area contributed by atoms with Gasteiger partial charge in [-0.2, -0.15) is 0 Å². The fraction of sp³-hybridized carbons (Fsp3) is 0. The van der Waals surface area contributed by atoms with E-state index >= 15 is 0 Å². The smallest absolute Gasteiger partial charge is 0.106 e. The van der Waals surface area contributed by atoms with Crippen LogP contribution in [0.4, 0.5) is 0 Å². The number of hydrogen-bond acceptors (Lipinski definition) is 4. The molecule has 0 atom stereocenters. The molecule has 0 aromatic rings. The van der Waals surface area contributed by atoms with Gasteiger partial charge in [0.05, 0.1) is 0 Å². The Hall–Kier alpha value is -0.178. The van der Waals surface area contributed by atoms with Gasteiger partial charge in [0.2, 0.25) is 0 Å². The average molecular weight is 386 g/mol. The summed E-state index contributed by atoms with van der Waals surface area (Å²) in [5.41, 5.74) is 0. The average Bonchev–Trinajstić information content (AvgIpc) is 2.03. The van der Waals surface area contributed by atoms with Gasteiger partial charge in [0.15, 0.2) is 0 Å². The van der Waals surface area contributed by atoms with Crippen molar-refractivity contribution < 1.29 is 56.6 Å². The minimum Gasteiger partial charge on any atom is -1.00 e. The third kappa shape index (κ3) is 11500. The van der Waals surface area contributed by atoms with Gasteiger partial charge in [-0.05, 0) is 0 Å². The zero-order valence-electron chi connectivity index (χ0n) is 5.22. The minimum absolute atomic E-state index is 0. The van der Waals surface area contributed by atoms with Gasteiger partial charge in [0, 0.05) is 20.4 Å². The van der Waals surface area contributed by atoms with E-state index in [1.807, 2.05) is 27.2 Å². The molecule has 0 rings (SSSR count). The molecule has 63 valence electrons. The Morgan fingerprint density at radius 1 is 0.500 bits per heavy atom. The second-order valence-corrected chi connectivity index (χ2v) is 0. The first-order valence-electron chi connectivity index (χ1n) is 1.15. The van der Waals surface area contributed by atoms with Gasteiger partial charge < -0.3 is 36.2 Å². The topological polar surface area (TPSA) is 68.3 Å². The largest absolute Gasteiger partial charge is 1.00 e. The Bertz CT molecular complexity index is 25.2. The van der Waals surface area contributed by atoms with Crippen molar-refractivity contribution in [2.24, 2.45) is 0 Å². The summed E-state index contributed by atoms with van der Waals surface area (Å²) in [5.74, 6) is 0. The zero-order valence-corrected chi connectivity index (χ0v) is 9.52. The molecule has 0 unspecified atom stereocenters. The molecule has 0 heterocycles. The molecular formula is C4H8BrO4Re-. The third-order valence-corrected chi connectivity index (χ3v) is 0. The summed E-state index contributed by atoms with van der Waals surface area (Å²) in [5, 5.41) is 0. The molecule has 0 N–H and O–H groups in total. The normalized spacial score (nSPS) is 1.60. The second-order valence-electron chi connectivity index (χ2n) is 0. The van der Waals surface area contributed by atoms with Gasteiger partial charge in [-0.3, -0.25) is 0 Å². The van der Waals surface area contributed by atoms with Crippen molar-refractivity contribution in [2.45, 2.75) is 0 Å². The summed E-state index contributed by atoms with van der Waals surface area (Å²) in [6.45, 7) is 8.00. The number of carbonyl (C=O) groups is 4. The third-order valence-electron chi connectivity index (χ3n) is 0. The predicted molar refractivity (Wildman–Crippen MR) is 28.5 cm³/mol. The van der Waals surface area contributed by atoms with Crippen LogP contribution in [0.2, 0.25) is 0 Å². The Morgan fingerprint density at radius 2 is 0.500 bits per heavy atom. The molecule has 0 aromatic carbocycles. The van der Waals surface area contributed by atoms with Crippen molar-refractivity contribution in [1.82, 2.24) is 0 Å². The van der Waals surface area contributed by atoms with Crippen LogP contribution < -0.4 is 17.0 Å². The Morgan fingerprint density at radius 3 is 0.500 bits per heavy atom. The molecule has 0 spiro atoms. The van der Waals surface area contributed by atoms with E-state index in [2.05, 4.69) is 0 Å². The molecule has 0 saturated carbocycles. The van der Waals surface area contributed by atoms with E-state index in [9.17, 15) is 0 Å². The first-order chi connectivity index (χ1) is 4.00. The summed E-state index contributed by atoms with van der Waals surface area (Å²) in [6.07, 6.45) is 0. The summed E-state index contributed by atoms with van der Waals surface area (Å²) >= 11 is 0. The van der Waals surface area contributed by atoms with Crippen molar-refractivity contribution in [2.75, 3.05) is 0 Å². The maximum absolute atomic E-state index is 8.00. The number of hydrogen-bond donors (Lipinski definition) is 0. The molecule has 0 amide bonds. The number of halogens is 1. The van der Waals surface area contributed by atoms with Crippen molar-refractivity contribution in [1.29, 1.82) is 0 Å². The molecular weight excluding hydrogens is 378 g/mol. The van der Waals surface area contributed by atoms with Gasteiger partial charge in [0.1, 0.15) is 27.2 Å². The standard InChI is InChI=1S/4CH2O.BrH.Re/c4*1-2;;/h4*1H2;1H;/p-1. The predicted octanol–water partition coefficient (Wildman–Crippen LogP) is -3.74. The van der Waals surface area contributed by atoms with Crippen molar-refractivity contribution in [3.8, 4) is 0 Å². The SMILES string of the molecule is C=O.C=O.C=O.C=O.[Br-].[Re]. The van der Waals surface area contributed by atoms with E-state index in [0.717, 1.165) is 0 Å². The molecule has 1 radical (unpaired) electrons. The quantitative estimate of drug-likeness (QED) is 0.429. The van der Waals surface area contributed by atoms with Crippen LogP contribution in [0.15, 0.2) is 0 Å². The van der Waals surface area contributed by atoms with Gasteiger partial charge in [0.25, 0.3) is 0 Å². The van der Waals surface area contributed by atoms with Gasteiger partial charge in [-0.1, -0.05) is 0 Å². The maximum Gasteiger partial charge on any atom is 0.106 e. The Kier molecular flexibility index (Phi) is 89500. The van der Waals surface area contributed by atoms with E-state index < -0.39 is 0 Å². The first-order valence-corrected chi connectivity index (χ1v) is 1.15. The number of carbonyl (C=O) groups excluding carboxylic acids is 4. The molecule has 10 heavy (non-hydrogen) atoms. The molecule has 6 heteroatoms. The van der Waals surface area contributed by atoms with E-state index in [1.54, 1.807) is 0 Å². The van der Waals surface area contributed by atoms with Crippen LogP contribution in [-0.2, 0) is 39.6 Å². The van der Waals surface area contributed by atoms with E-state index in [0.29, 0.717) is 0 Å². The van der Waals surface area contributed by atoms with Crippen LogP contribution in [0.5, 0.6) is 0 Å². The summed E-state index contributed by atoms with van der Waals surface area (Å²) in [6, 6.07) is 0. The van der Waals surface area contributed by atoms with Crippen LogP contribution in [-0.4, -0.2) is 27.2 Å². The van der Waals surface area contributed by atoms with E-state index in [4.69, 9.17) is 19.2 Å². The summed E-state index contributed by atoms with van der Waals surface area (Å²) in [7, 11) is 0. The first kappa shape index (κ1) is 52.3. The minimum atomic E-state index is 0. The van der Waals surface area contributed by atoms with Crippen LogP contribution >= 0.6 is 0 Å². The fourth-order valence-electron chi connectivity index (χ4n) is 0. The molecule has 0 aliphatic carbocycles. The van der Waals surface area contributed by atoms with Crippen LogP contribution in [0.25, 0.3) is 0 Å². The van der Waals surface area contributed by atoms with Gasteiger partial charge in [-0.25, -0.2) is 0 Å². The van der Waals surface area contributed by atoms with E-state index in [-0.39, 0.29) is 37.4 Å². The van der Waals surface area contributed by atoms with Crippen LogP contribution in [0, 0.1) is 0 Å². The fourth-order valence-corrected chi connectivity index (χ4v) is 0. The Labute approximate surface area is 83.8 Å². The molecule has 4 nitrogen and oxygen atoms in total. The zero-order chi connectivity index (χ0) is 8.00. The van der Waals surface area contributed by atoms with Crippen molar-refractivity contribution in [3.05, 3.63) is 0 Å². The van der Waals surface area contributed by atoms with Gasteiger partial charge >= 0.3 is 0 Å². The summed E-state index contributed by atoms with van der Waals surface area (Å²) in [4.78, 5) is 32.0. The molecule has 0 saturated heterocycles. The molecule has 0 bridgehead atoms. The maximum atomic E-state index is 8.00. The monoisotopic (exact) mass is 386 g/mol. The summed E-state index contributed by atoms with van der Waals surface area (Å²) < 4.78 is 0. The number of rotatable bonds is 0. The van der Waals surface area contributed by atoms with Crippen molar-refractivity contribution in [3.63, 3.8) is 0 Å². The van der Waals surface area contributed by atoms with Crippen molar-refractivity contribution >= 4 is 27.2 Å². The molecule has 0 aliphatic rings. The Balaban J connectivity index is -0.00000000500. The molecule has 0 aliphatic heterocycles. The van der Waals surface area contributed by atoms with Crippen LogP contribution in [0.3, 0.4) is 0 Å². The van der Waals surface area contributed by atoms with Gasteiger partial charge in [-0.15, -0.1) is 0 Å². The van der Waals surface area contributed by atoms with Crippen LogP contribution in [0.1, 0.15) is 0 Å².